The summed E-state index contributed by atoms with van der Waals surface area (Å²) in [6.45, 7) is 2.67. The SMILES string of the molecule is COc1cc(/C=C/C(=O)c2ccc(N3CCCCC3)cc2)ccc1OCc1ccccc1. The van der Waals surface area contributed by atoms with Crippen molar-refractivity contribution in [3.8, 4) is 11.5 Å². The number of hydrogen-bond donors (Lipinski definition) is 0. The summed E-state index contributed by atoms with van der Waals surface area (Å²) in [4.78, 5) is 15.0. The molecule has 1 fully saturated rings. The fourth-order valence-electron chi connectivity index (χ4n) is 3.90. The van der Waals surface area contributed by atoms with Gasteiger partial charge in [0, 0.05) is 24.3 Å². The highest BCUT2D eigenvalue weighted by atomic mass is 16.5. The number of carbonyl (C=O) groups excluding carboxylic acids is 1. The molecule has 0 unspecified atom stereocenters. The smallest absolute Gasteiger partial charge is 0.185 e. The van der Waals surface area contributed by atoms with Crippen LogP contribution in [0.15, 0.2) is 78.9 Å². The Kier molecular flexibility index (Phi) is 7.23. The summed E-state index contributed by atoms with van der Waals surface area (Å²) in [6.07, 6.45) is 7.20. The molecule has 4 nitrogen and oxygen atoms in total. The van der Waals surface area contributed by atoms with Crippen molar-refractivity contribution >= 4 is 17.5 Å². The molecule has 0 aromatic heterocycles. The molecule has 3 aromatic carbocycles. The van der Waals surface area contributed by atoms with Crippen molar-refractivity contribution in [2.45, 2.75) is 25.9 Å². The number of rotatable bonds is 8. The number of piperidine rings is 1. The van der Waals surface area contributed by atoms with Gasteiger partial charge in [0.1, 0.15) is 6.61 Å². The van der Waals surface area contributed by atoms with E-state index in [9.17, 15) is 4.79 Å². The van der Waals surface area contributed by atoms with E-state index in [-0.39, 0.29) is 5.78 Å². The molecule has 32 heavy (non-hydrogen) atoms. The lowest BCUT2D eigenvalue weighted by atomic mass is 10.1. The number of methoxy groups -OCH3 is 1. The van der Waals surface area contributed by atoms with Crippen LogP contribution in [0.5, 0.6) is 11.5 Å². The predicted molar refractivity (Wildman–Crippen MR) is 130 cm³/mol. The van der Waals surface area contributed by atoms with E-state index < -0.39 is 0 Å². The van der Waals surface area contributed by atoms with Gasteiger partial charge in [-0.15, -0.1) is 0 Å². The van der Waals surface area contributed by atoms with Gasteiger partial charge in [0.25, 0.3) is 0 Å². The summed E-state index contributed by atoms with van der Waals surface area (Å²) in [7, 11) is 1.62. The third-order valence-corrected chi connectivity index (χ3v) is 5.73. The molecule has 0 atom stereocenters. The van der Waals surface area contributed by atoms with E-state index in [0.29, 0.717) is 23.7 Å². The molecule has 0 bridgehead atoms. The van der Waals surface area contributed by atoms with E-state index in [4.69, 9.17) is 9.47 Å². The van der Waals surface area contributed by atoms with Gasteiger partial charge in [-0.1, -0.05) is 42.5 Å². The summed E-state index contributed by atoms with van der Waals surface area (Å²) < 4.78 is 11.4. The zero-order valence-electron chi connectivity index (χ0n) is 18.5. The van der Waals surface area contributed by atoms with E-state index in [1.165, 1.54) is 24.9 Å². The maximum absolute atomic E-state index is 12.6. The second-order valence-corrected chi connectivity index (χ2v) is 7.98. The van der Waals surface area contributed by atoms with Crippen LogP contribution >= 0.6 is 0 Å². The molecule has 4 rings (SSSR count). The van der Waals surface area contributed by atoms with Crippen molar-refractivity contribution in [3.05, 3.63) is 95.6 Å². The highest BCUT2D eigenvalue weighted by Gasteiger charge is 2.11. The third-order valence-electron chi connectivity index (χ3n) is 5.73. The van der Waals surface area contributed by atoms with E-state index >= 15 is 0 Å². The van der Waals surface area contributed by atoms with Crippen molar-refractivity contribution in [2.24, 2.45) is 0 Å². The summed E-state index contributed by atoms with van der Waals surface area (Å²) in [6, 6.07) is 23.6. The van der Waals surface area contributed by atoms with E-state index in [1.807, 2.05) is 78.9 Å². The fourth-order valence-corrected chi connectivity index (χ4v) is 3.90. The van der Waals surface area contributed by atoms with Crippen LogP contribution in [0.4, 0.5) is 5.69 Å². The molecule has 4 heteroatoms. The van der Waals surface area contributed by atoms with Gasteiger partial charge in [0.15, 0.2) is 17.3 Å². The first kappa shape index (κ1) is 21.7. The quantitative estimate of drug-likeness (QED) is 0.319. The largest absolute Gasteiger partial charge is 0.493 e. The Bertz CT molecular complexity index is 1050. The molecule has 1 heterocycles. The van der Waals surface area contributed by atoms with Crippen LogP contribution in [0.2, 0.25) is 0 Å². The molecular weight excluding hydrogens is 398 g/mol. The zero-order chi connectivity index (χ0) is 22.2. The van der Waals surface area contributed by atoms with Crippen molar-refractivity contribution in [2.75, 3.05) is 25.1 Å². The second kappa shape index (κ2) is 10.7. The minimum absolute atomic E-state index is 0.0152. The molecule has 3 aromatic rings. The summed E-state index contributed by atoms with van der Waals surface area (Å²) in [5.74, 6) is 1.30. The molecule has 1 aliphatic rings. The molecule has 0 radical (unpaired) electrons. The van der Waals surface area contributed by atoms with Gasteiger partial charge in [-0.05, 0) is 72.9 Å². The van der Waals surface area contributed by atoms with Crippen LogP contribution in [0.1, 0.15) is 40.7 Å². The average Bonchev–Trinajstić information content (AvgIpc) is 2.87. The third kappa shape index (κ3) is 5.58. The molecule has 1 aliphatic heterocycles. The van der Waals surface area contributed by atoms with Gasteiger partial charge < -0.3 is 14.4 Å². The first-order valence-corrected chi connectivity index (χ1v) is 11.1. The van der Waals surface area contributed by atoms with Crippen LogP contribution in [-0.4, -0.2) is 26.0 Å². The molecule has 0 spiro atoms. The van der Waals surface area contributed by atoms with E-state index in [2.05, 4.69) is 4.90 Å². The molecule has 164 valence electrons. The number of ketones is 1. The van der Waals surface area contributed by atoms with Crippen molar-refractivity contribution in [1.29, 1.82) is 0 Å². The zero-order valence-corrected chi connectivity index (χ0v) is 18.5. The van der Waals surface area contributed by atoms with Crippen LogP contribution < -0.4 is 14.4 Å². The molecule has 0 amide bonds. The second-order valence-electron chi connectivity index (χ2n) is 7.98. The lowest BCUT2D eigenvalue weighted by molar-refractivity contribution is 0.104. The number of hydrogen-bond acceptors (Lipinski definition) is 4. The van der Waals surface area contributed by atoms with Crippen LogP contribution in [0, 0.1) is 0 Å². The van der Waals surface area contributed by atoms with Gasteiger partial charge in [-0.2, -0.15) is 0 Å². The normalized spacial score (nSPS) is 13.8. The molecule has 0 saturated carbocycles. The van der Waals surface area contributed by atoms with Crippen LogP contribution in [-0.2, 0) is 6.61 Å². The van der Waals surface area contributed by atoms with E-state index in [1.54, 1.807) is 13.2 Å². The van der Waals surface area contributed by atoms with Gasteiger partial charge in [0.2, 0.25) is 0 Å². The summed E-state index contributed by atoms with van der Waals surface area (Å²) >= 11 is 0. The number of nitrogens with zero attached hydrogens (tertiary/aromatic N) is 1. The molecule has 0 N–H and O–H groups in total. The minimum Gasteiger partial charge on any atom is -0.493 e. The Morgan fingerprint density at radius 2 is 1.66 bits per heavy atom. The Labute approximate surface area is 190 Å². The number of allylic oxidation sites excluding steroid dienone is 1. The fraction of sp³-hybridized carbons (Fsp3) is 0.250. The standard InChI is InChI=1S/C28H29NO3/c1-31-28-20-22(11-17-27(28)32-21-23-8-4-2-5-9-23)10-16-26(30)24-12-14-25(15-13-24)29-18-6-3-7-19-29/h2,4-5,8-17,20H,3,6-7,18-19,21H2,1H3/b16-10+. The number of benzene rings is 3. The average molecular weight is 428 g/mol. The van der Waals surface area contributed by atoms with Gasteiger partial charge in [-0.3, -0.25) is 4.79 Å². The highest BCUT2D eigenvalue weighted by Crippen LogP contribution is 2.29. The summed E-state index contributed by atoms with van der Waals surface area (Å²) in [5.41, 5.74) is 3.86. The minimum atomic E-state index is -0.0152. The monoisotopic (exact) mass is 427 g/mol. The molecular formula is C28H29NO3. The first-order chi connectivity index (χ1) is 15.7. The lowest BCUT2D eigenvalue weighted by Gasteiger charge is -2.28. The van der Waals surface area contributed by atoms with Gasteiger partial charge in [0.05, 0.1) is 7.11 Å². The Morgan fingerprint density at radius 1 is 0.906 bits per heavy atom. The summed E-state index contributed by atoms with van der Waals surface area (Å²) in [5, 5.41) is 0. The first-order valence-electron chi connectivity index (χ1n) is 11.1. The van der Waals surface area contributed by atoms with Gasteiger partial charge >= 0.3 is 0 Å². The predicted octanol–water partition coefficient (Wildman–Crippen LogP) is 6.16. The highest BCUT2D eigenvalue weighted by molar-refractivity contribution is 6.07. The number of anilines is 1. The Morgan fingerprint density at radius 3 is 2.38 bits per heavy atom. The number of ether oxygens (including phenoxy) is 2. The Hall–Kier alpha value is -3.53. The van der Waals surface area contributed by atoms with E-state index in [0.717, 1.165) is 24.2 Å². The van der Waals surface area contributed by atoms with Crippen molar-refractivity contribution in [3.63, 3.8) is 0 Å². The maximum Gasteiger partial charge on any atom is 0.185 e. The topological polar surface area (TPSA) is 38.8 Å². The van der Waals surface area contributed by atoms with Gasteiger partial charge in [-0.25, -0.2) is 0 Å². The number of carbonyl (C=O) groups is 1. The van der Waals surface area contributed by atoms with Crippen LogP contribution in [0.25, 0.3) is 6.08 Å². The molecule has 1 saturated heterocycles. The van der Waals surface area contributed by atoms with Crippen molar-refractivity contribution in [1.82, 2.24) is 0 Å². The van der Waals surface area contributed by atoms with Crippen LogP contribution in [0.3, 0.4) is 0 Å². The maximum atomic E-state index is 12.6. The Balaban J connectivity index is 1.39. The van der Waals surface area contributed by atoms with Crippen molar-refractivity contribution < 1.29 is 14.3 Å². The molecule has 0 aliphatic carbocycles. The lowest BCUT2D eigenvalue weighted by Crippen LogP contribution is -2.29.